The summed E-state index contributed by atoms with van der Waals surface area (Å²) in [6.45, 7) is 14.4. The lowest BCUT2D eigenvalue weighted by Gasteiger charge is -2.35. The van der Waals surface area contributed by atoms with Gasteiger partial charge < -0.3 is 9.64 Å². The van der Waals surface area contributed by atoms with Crippen molar-refractivity contribution in [1.29, 1.82) is 0 Å². The number of ether oxygens (including phenoxy) is 1. The molecule has 1 atom stereocenters. The molecule has 5 nitrogen and oxygen atoms in total. The molecule has 0 aliphatic heterocycles. The van der Waals surface area contributed by atoms with Gasteiger partial charge in [0.15, 0.2) is 6.61 Å². The molecule has 5 heteroatoms. The molecule has 1 aromatic heterocycles. The Balaban J connectivity index is 1.95. The second kappa shape index (κ2) is 8.97. The predicted octanol–water partition coefficient (Wildman–Crippen LogP) is 5.19. The van der Waals surface area contributed by atoms with Crippen LogP contribution >= 0.6 is 0 Å². The molecule has 2 aromatic rings. The number of fused-ring (bicyclic) bond motifs is 2. The van der Waals surface area contributed by atoms with Gasteiger partial charge in [-0.15, -0.1) is 0 Å². The molecule has 0 bridgehead atoms. The number of hydrogen-bond donors (Lipinski definition) is 0. The Morgan fingerprint density at radius 2 is 1.77 bits per heavy atom. The van der Waals surface area contributed by atoms with Crippen molar-refractivity contribution in [1.82, 2.24) is 9.88 Å². The van der Waals surface area contributed by atoms with Gasteiger partial charge in [0.1, 0.15) is 0 Å². The fraction of sp³-hybridized carbons (Fsp3) is 0.577. The molecule has 0 spiro atoms. The highest BCUT2D eigenvalue weighted by Gasteiger charge is 2.33. The van der Waals surface area contributed by atoms with E-state index in [-0.39, 0.29) is 30.0 Å². The average Bonchev–Trinajstić information content (AvgIpc) is 2.68. The summed E-state index contributed by atoms with van der Waals surface area (Å²) in [5.74, 6) is -0.128. The summed E-state index contributed by atoms with van der Waals surface area (Å²) >= 11 is 0. The van der Waals surface area contributed by atoms with E-state index in [1.165, 1.54) is 0 Å². The monoisotopic (exact) mass is 424 g/mol. The van der Waals surface area contributed by atoms with Gasteiger partial charge in [-0.1, -0.05) is 39.0 Å². The van der Waals surface area contributed by atoms with Gasteiger partial charge in [-0.3, -0.25) is 9.78 Å². The lowest BCUT2D eigenvalue weighted by atomic mass is 9.70. The zero-order valence-electron chi connectivity index (χ0n) is 20.0. The number of carbonyl (C=O) groups is 2. The summed E-state index contributed by atoms with van der Waals surface area (Å²) in [7, 11) is 0. The minimum Gasteiger partial charge on any atom is -0.452 e. The standard InChI is InChI=1S/C26H36N2O3/c1-16(2)28(17(3)4)23(29)15-31-25(30)24-19-10-8-9-11-21(19)27-22-13-12-18(14-20(22)24)26(5,6)7/h8-11,16-18H,12-15H2,1-7H3/t18-/m1/s1. The third kappa shape index (κ3) is 4.91. The number of amides is 1. The van der Waals surface area contributed by atoms with Crippen molar-refractivity contribution >= 4 is 22.8 Å². The molecule has 1 aliphatic carbocycles. The zero-order valence-corrected chi connectivity index (χ0v) is 20.0. The van der Waals surface area contributed by atoms with E-state index >= 15 is 0 Å². The first kappa shape index (κ1) is 23.2. The maximum Gasteiger partial charge on any atom is 0.339 e. The molecular formula is C26H36N2O3. The molecule has 1 amide bonds. The minimum absolute atomic E-state index is 0.0493. The number of benzene rings is 1. The quantitative estimate of drug-likeness (QED) is 0.620. The molecule has 0 fully saturated rings. The molecule has 31 heavy (non-hydrogen) atoms. The van der Waals surface area contributed by atoms with Gasteiger partial charge in [-0.2, -0.15) is 0 Å². The largest absolute Gasteiger partial charge is 0.452 e. The van der Waals surface area contributed by atoms with Crippen LogP contribution in [-0.2, 0) is 22.4 Å². The second-order valence-electron chi connectivity index (χ2n) is 10.3. The van der Waals surface area contributed by atoms with Crippen molar-refractivity contribution in [3.05, 3.63) is 41.1 Å². The average molecular weight is 425 g/mol. The molecule has 3 rings (SSSR count). The fourth-order valence-corrected chi connectivity index (χ4v) is 4.81. The molecule has 168 valence electrons. The number of rotatable bonds is 5. The van der Waals surface area contributed by atoms with E-state index in [9.17, 15) is 9.59 Å². The Hall–Kier alpha value is -2.43. The Bertz CT molecular complexity index is 965. The Kier molecular flexibility index (Phi) is 6.73. The van der Waals surface area contributed by atoms with Crippen LogP contribution in [0.3, 0.4) is 0 Å². The molecule has 0 saturated carbocycles. The van der Waals surface area contributed by atoms with Gasteiger partial charge in [0, 0.05) is 23.2 Å². The van der Waals surface area contributed by atoms with E-state index in [4.69, 9.17) is 9.72 Å². The molecule has 1 aromatic carbocycles. The van der Waals surface area contributed by atoms with Crippen molar-refractivity contribution in [2.24, 2.45) is 11.3 Å². The van der Waals surface area contributed by atoms with Crippen molar-refractivity contribution in [2.45, 2.75) is 79.8 Å². The predicted molar refractivity (Wildman–Crippen MR) is 124 cm³/mol. The van der Waals surface area contributed by atoms with Crippen LogP contribution in [0.15, 0.2) is 24.3 Å². The van der Waals surface area contributed by atoms with E-state index < -0.39 is 5.97 Å². The number of carbonyl (C=O) groups excluding carboxylic acids is 2. The van der Waals surface area contributed by atoms with Crippen LogP contribution in [-0.4, -0.2) is 40.5 Å². The van der Waals surface area contributed by atoms with Crippen LogP contribution in [0.25, 0.3) is 10.9 Å². The van der Waals surface area contributed by atoms with Crippen molar-refractivity contribution in [3.63, 3.8) is 0 Å². The van der Waals surface area contributed by atoms with E-state index in [1.54, 1.807) is 4.90 Å². The van der Waals surface area contributed by atoms with Crippen molar-refractivity contribution in [3.8, 4) is 0 Å². The maximum atomic E-state index is 13.3. The Labute approximate surface area is 186 Å². The van der Waals surface area contributed by atoms with Gasteiger partial charge >= 0.3 is 5.97 Å². The first-order valence-corrected chi connectivity index (χ1v) is 11.4. The van der Waals surface area contributed by atoms with Gasteiger partial charge in [0.05, 0.1) is 11.1 Å². The third-order valence-corrected chi connectivity index (χ3v) is 6.42. The van der Waals surface area contributed by atoms with Crippen molar-refractivity contribution < 1.29 is 14.3 Å². The SMILES string of the molecule is CC(C)N(C(=O)COC(=O)c1c2c(nc3ccccc13)CC[C@@H](C(C)(C)C)C2)C(C)C. The summed E-state index contributed by atoms with van der Waals surface area (Å²) in [4.78, 5) is 32.7. The van der Waals surface area contributed by atoms with Gasteiger partial charge in [-0.05, 0) is 69.9 Å². The number of hydrogen-bond acceptors (Lipinski definition) is 4. The molecule has 0 radical (unpaired) electrons. The summed E-state index contributed by atoms with van der Waals surface area (Å²) in [5.41, 5.74) is 3.52. The van der Waals surface area contributed by atoms with Crippen LogP contribution in [0.4, 0.5) is 0 Å². The van der Waals surface area contributed by atoms with E-state index in [2.05, 4.69) is 20.8 Å². The molecular weight excluding hydrogens is 388 g/mol. The lowest BCUT2D eigenvalue weighted by molar-refractivity contribution is -0.138. The second-order valence-corrected chi connectivity index (χ2v) is 10.3. The van der Waals surface area contributed by atoms with Crippen molar-refractivity contribution in [2.75, 3.05) is 6.61 Å². The van der Waals surface area contributed by atoms with E-state index in [0.717, 1.165) is 41.4 Å². The summed E-state index contributed by atoms with van der Waals surface area (Å²) in [5, 5.41) is 0.804. The molecule has 0 saturated heterocycles. The highest BCUT2D eigenvalue weighted by atomic mass is 16.5. The normalized spacial score (nSPS) is 16.5. The lowest BCUT2D eigenvalue weighted by Crippen LogP contribution is -2.44. The third-order valence-electron chi connectivity index (χ3n) is 6.42. The molecule has 1 heterocycles. The number of nitrogens with zero attached hydrogens (tertiary/aromatic N) is 2. The Morgan fingerprint density at radius 3 is 2.39 bits per heavy atom. The highest BCUT2D eigenvalue weighted by molar-refractivity contribution is 6.05. The number of esters is 1. The van der Waals surface area contributed by atoms with Gasteiger partial charge in [-0.25, -0.2) is 4.79 Å². The van der Waals surface area contributed by atoms with Crippen LogP contribution in [0.1, 0.15) is 76.5 Å². The summed E-state index contributed by atoms with van der Waals surface area (Å²) < 4.78 is 5.61. The zero-order chi connectivity index (χ0) is 22.9. The Morgan fingerprint density at radius 1 is 1.13 bits per heavy atom. The summed E-state index contributed by atoms with van der Waals surface area (Å²) in [6.07, 6.45) is 2.72. The number of aromatic nitrogens is 1. The van der Waals surface area contributed by atoms with Crippen LogP contribution < -0.4 is 0 Å². The number of para-hydroxylation sites is 1. The van der Waals surface area contributed by atoms with E-state index in [1.807, 2.05) is 52.0 Å². The smallest absolute Gasteiger partial charge is 0.339 e. The van der Waals surface area contributed by atoms with Crippen LogP contribution in [0, 0.1) is 11.3 Å². The van der Waals surface area contributed by atoms with Crippen LogP contribution in [0.2, 0.25) is 0 Å². The first-order chi connectivity index (χ1) is 14.5. The topological polar surface area (TPSA) is 59.5 Å². The summed E-state index contributed by atoms with van der Waals surface area (Å²) in [6, 6.07) is 7.82. The van der Waals surface area contributed by atoms with Gasteiger partial charge in [0.2, 0.25) is 0 Å². The first-order valence-electron chi connectivity index (χ1n) is 11.4. The highest BCUT2D eigenvalue weighted by Crippen LogP contribution is 2.39. The number of aryl methyl sites for hydroxylation is 1. The minimum atomic E-state index is -0.426. The van der Waals surface area contributed by atoms with Gasteiger partial charge in [0.25, 0.3) is 5.91 Å². The van der Waals surface area contributed by atoms with E-state index in [0.29, 0.717) is 11.5 Å². The maximum absolute atomic E-state index is 13.3. The van der Waals surface area contributed by atoms with Crippen LogP contribution in [0.5, 0.6) is 0 Å². The fourth-order valence-electron chi connectivity index (χ4n) is 4.81. The molecule has 0 unspecified atom stereocenters. The number of pyridine rings is 1. The molecule has 1 aliphatic rings. The molecule has 0 N–H and O–H groups in total.